The third-order valence-electron chi connectivity index (χ3n) is 2.79. The summed E-state index contributed by atoms with van der Waals surface area (Å²) in [6.07, 6.45) is 0. The van der Waals surface area contributed by atoms with Gasteiger partial charge in [0.15, 0.2) is 12.2 Å². The number of benzene rings is 1. The number of aryl methyl sites for hydroxylation is 2. The largest absolute Gasteiger partial charge is 0.483 e. The molecule has 1 aromatic carbocycles. The zero-order chi connectivity index (χ0) is 15.3. The van der Waals surface area contributed by atoms with Gasteiger partial charge in [0.05, 0.1) is 6.54 Å². The van der Waals surface area contributed by atoms with E-state index < -0.39 is 17.5 Å². The first kappa shape index (κ1) is 16.0. The first-order chi connectivity index (χ1) is 9.22. The smallest absolute Gasteiger partial charge is 0.337 e. The number of amides is 1. The summed E-state index contributed by atoms with van der Waals surface area (Å²) in [5.74, 6) is -1.29. The second kappa shape index (κ2) is 6.38. The molecule has 110 valence electrons. The molecule has 0 bridgehead atoms. The van der Waals surface area contributed by atoms with Crippen LogP contribution >= 0.6 is 0 Å². The first-order valence-electron chi connectivity index (χ1n) is 6.15. The number of hydrogen-bond donors (Lipinski definition) is 3. The zero-order valence-corrected chi connectivity index (χ0v) is 11.8. The number of carbonyl (C=O) groups is 2. The van der Waals surface area contributed by atoms with E-state index in [2.05, 4.69) is 5.32 Å². The fraction of sp³-hybridized carbons (Fsp3) is 0.429. The van der Waals surface area contributed by atoms with E-state index >= 15 is 0 Å². The van der Waals surface area contributed by atoms with Crippen LogP contribution < -0.4 is 10.1 Å². The lowest BCUT2D eigenvalue weighted by atomic mass is 10.1. The van der Waals surface area contributed by atoms with Crippen molar-refractivity contribution < 1.29 is 24.5 Å². The van der Waals surface area contributed by atoms with E-state index in [-0.39, 0.29) is 13.2 Å². The fourth-order valence-corrected chi connectivity index (χ4v) is 1.40. The summed E-state index contributed by atoms with van der Waals surface area (Å²) >= 11 is 0. The summed E-state index contributed by atoms with van der Waals surface area (Å²) in [4.78, 5) is 22.2. The minimum Gasteiger partial charge on any atom is -0.483 e. The number of hydrogen-bond acceptors (Lipinski definition) is 4. The molecule has 6 heteroatoms. The lowest BCUT2D eigenvalue weighted by Gasteiger charge is -2.18. The van der Waals surface area contributed by atoms with Gasteiger partial charge in [0.2, 0.25) is 0 Å². The van der Waals surface area contributed by atoms with Gasteiger partial charge in [-0.15, -0.1) is 0 Å². The Morgan fingerprint density at radius 2 is 2.00 bits per heavy atom. The second-order valence-corrected chi connectivity index (χ2v) is 4.91. The molecule has 1 aromatic rings. The van der Waals surface area contributed by atoms with Gasteiger partial charge < -0.3 is 20.3 Å². The number of aliphatic hydroxyl groups is 1. The topological polar surface area (TPSA) is 95.9 Å². The summed E-state index contributed by atoms with van der Waals surface area (Å²) in [7, 11) is 0. The Balaban J connectivity index is 2.48. The molecule has 0 aromatic heterocycles. The number of carboxylic acids is 1. The van der Waals surface area contributed by atoms with E-state index in [1.165, 1.54) is 0 Å². The van der Waals surface area contributed by atoms with Gasteiger partial charge in [0, 0.05) is 0 Å². The van der Waals surface area contributed by atoms with Crippen LogP contribution in [-0.2, 0) is 9.59 Å². The average molecular weight is 281 g/mol. The number of rotatable bonds is 6. The zero-order valence-electron chi connectivity index (χ0n) is 11.8. The fourth-order valence-electron chi connectivity index (χ4n) is 1.40. The highest BCUT2D eigenvalue weighted by Crippen LogP contribution is 2.18. The molecule has 0 aliphatic heterocycles. The Morgan fingerprint density at radius 1 is 1.35 bits per heavy atom. The summed E-state index contributed by atoms with van der Waals surface area (Å²) in [6, 6.07) is 5.64. The van der Waals surface area contributed by atoms with Crippen LogP contribution in [0.5, 0.6) is 5.75 Å². The van der Waals surface area contributed by atoms with Gasteiger partial charge in [0.25, 0.3) is 5.91 Å². The molecule has 0 spiro atoms. The van der Waals surface area contributed by atoms with Gasteiger partial charge in [-0.2, -0.15) is 0 Å². The highest BCUT2D eigenvalue weighted by Gasteiger charge is 2.30. The summed E-state index contributed by atoms with van der Waals surface area (Å²) in [6.45, 7) is 4.27. The summed E-state index contributed by atoms with van der Waals surface area (Å²) < 4.78 is 5.36. The van der Waals surface area contributed by atoms with Crippen molar-refractivity contribution in [3.05, 3.63) is 29.3 Å². The van der Waals surface area contributed by atoms with Crippen LogP contribution in [0.25, 0.3) is 0 Å². The second-order valence-electron chi connectivity index (χ2n) is 4.91. The van der Waals surface area contributed by atoms with Crippen LogP contribution in [0.2, 0.25) is 0 Å². The van der Waals surface area contributed by atoms with Gasteiger partial charge in [-0.05, 0) is 38.0 Å². The van der Waals surface area contributed by atoms with E-state index in [0.29, 0.717) is 5.75 Å². The van der Waals surface area contributed by atoms with Gasteiger partial charge in [-0.25, -0.2) is 4.79 Å². The molecule has 0 saturated heterocycles. The van der Waals surface area contributed by atoms with Crippen LogP contribution in [0, 0.1) is 13.8 Å². The maximum atomic E-state index is 11.5. The van der Waals surface area contributed by atoms with E-state index in [9.17, 15) is 14.7 Å². The molecule has 0 saturated carbocycles. The van der Waals surface area contributed by atoms with Crippen molar-refractivity contribution in [1.82, 2.24) is 5.32 Å². The van der Waals surface area contributed by atoms with Gasteiger partial charge in [-0.1, -0.05) is 12.1 Å². The molecule has 3 N–H and O–H groups in total. The van der Waals surface area contributed by atoms with Crippen LogP contribution in [0.3, 0.4) is 0 Å². The quantitative estimate of drug-likeness (QED) is 0.711. The standard InChI is InChI=1S/C14H19NO5/c1-9-4-5-10(2)11(6-9)20-7-12(16)15-8-14(3,19)13(17)18/h4-6,19H,7-8H2,1-3H3,(H,15,16)(H,17,18). The SMILES string of the molecule is Cc1ccc(C)c(OCC(=O)NCC(C)(O)C(=O)O)c1. The maximum Gasteiger partial charge on any atom is 0.337 e. The van der Waals surface area contributed by atoms with Crippen LogP contribution in [-0.4, -0.2) is 40.8 Å². The van der Waals surface area contributed by atoms with Crippen molar-refractivity contribution in [3.63, 3.8) is 0 Å². The number of carboxylic acid groups (broad SMARTS) is 1. The van der Waals surface area contributed by atoms with Crippen molar-refractivity contribution in [3.8, 4) is 5.75 Å². The molecule has 0 heterocycles. The Hall–Kier alpha value is -2.08. The molecule has 1 amide bonds. The Labute approximate surface area is 117 Å². The molecule has 0 fully saturated rings. The molecule has 0 aliphatic rings. The average Bonchev–Trinajstić information content (AvgIpc) is 2.37. The van der Waals surface area contributed by atoms with E-state index in [4.69, 9.17) is 9.84 Å². The Bertz CT molecular complexity index is 510. The highest BCUT2D eigenvalue weighted by molar-refractivity contribution is 5.80. The van der Waals surface area contributed by atoms with E-state index in [1.807, 2.05) is 32.0 Å². The monoisotopic (exact) mass is 281 g/mol. The molecule has 0 radical (unpaired) electrons. The molecule has 6 nitrogen and oxygen atoms in total. The minimum atomic E-state index is -1.99. The van der Waals surface area contributed by atoms with Gasteiger partial charge in [0.1, 0.15) is 5.75 Å². The first-order valence-corrected chi connectivity index (χ1v) is 6.15. The van der Waals surface area contributed by atoms with Crippen molar-refractivity contribution in [1.29, 1.82) is 0 Å². The number of ether oxygens (including phenoxy) is 1. The Morgan fingerprint density at radius 3 is 2.60 bits per heavy atom. The predicted molar refractivity (Wildman–Crippen MR) is 72.7 cm³/mol. The molecule has 20 heavy (non-hydrogen) atoms. The van der Waals surface area contributed by atoms with E-state index in [0.717, 1.165) is 18.1 Å². The summed E-state index contributed by atoms with van der Waals surface area (Å²) in [5, 5.41) is 20.5. The van der Waals surface area contributed by atoms with Crippen LogP contribution in [0.1, 0.15) is 18.1 Å². The molecular weight excluding hydrogens is 262 g/mol. The minimum absolute atomic E-state index is 0.236. The summed E-state index contributed by atoms with van der Waals surface area (Å²) in [5.41, 5.74) is -0.0738. The number of carbonyl (C=O) groups excluding carboxylic acids is 1. The van der Waals surface area contributed by atoms with Crippen molar-refractivity contribution >= 4 is 11.9 Å². The molecule has 1 unspecified atom stereocenters. The normalized spacial score (nSPS) is 13.4. The number of aliphatic carboxylic acids is 1. The van der Waals surface area contributed by atoms with Crippen molar-refractivity contribution in [2.45, 2.75) is 26.4 Å². The van der Waals surface area contributed by atoms with Crippen molar-refractivity contribution in [2.24, 2.45) is 0 Å². The molecular formula is C14H19NO5. The Kier molecular flexibility index (Phi) is 5.10. The predicted octanol–water partition coefficient (Wildman–Crippen LogP) is 0.634. The van der Waals surface area contributed by atoms with Gasteiger partial charge in [-0.3, -0.25) is 4.79 Å². The van der Waals surface area contributed by atoms with E-state index in [1.54, 1.807) is 0 Å². The van der Waals surface area contributed by atoms with Crippen LogP contribution in [0.4, 0.5) is 0 Å². The van der Waals surface area contributed by atoms with Gasteiger partial charge >= 0.3 is 5.97 Å². The maximum absolute atomic E-state index is 11.5. The molecule has 1 rings (SSSR count). The lowest BCUT2D eigenvalue weighted by Crippen LogP contribution is -2.47. The lowest BCUT2D eigenvalue weighted by molar-refractivity contribution is -0.156. The van der Waals surface area contributed by atoms with Crippen LogP contribution in [0.15, 0.2) is 18.2 Å². The van der Waals surface area contributed by atoms with Crippen molar-refractivity contribution in [2.75, 3.05) is 13.2 Å². The third kappa shape index (κ3) is 4.55. The highest BCUT2D eigenvalue weighted by atomic mass is 16.5. The third-order valence-corrected chi connectivity index (χ3v) is 2.79. The molecule has 1 atom stereocenters. The molecule has 0 aliphatic carbocycles. The number of nitrogens with one attached hydrogen (secondary N) is 1.